The molecule has 0 aromatic carbocycles. The van der Waals surface area contributed by atoms with Gasteiger partial charge in [0.25, 0.3) is 11.4 Å². The lowest BCUT2D eigenvalue weighted by Gasteiger charge is -1.97. The predicted molar refractivity (Wildman–Crippen MR) is 89.0 cm³/mol. The normalized spacial score (nSPS) is 10.8. The van der Waals surface area contributed by atoms with Crippen LogP contribution in [-0.2, 0) is 0 Å². The van der Waals surface area contributed by atoms with Gasteiger partial charge in [-0.2, -0.15) is 0 Å². The van der Waals surface area contributed by atoms with Crippen LogP contribution in [0.2, 0.25) is 0 Å². The quantitative estimate of drug-likeness (QED) is 0.186. The zero-order valence-electron chi connectivity index (χ0n) is 11.6. The fraction of sp³-hybridized carbons (Fsp3) is 0.154. The van der Waals surface area contributed by atoms with Crippen LogP contribution in [0.1, 0.15) is 6.92 Å². The number of allylic oxidation sites excluding steroid dienone is 2. The number of terminal acetylenes is 1. The Balaban J connectivity index is 0.00000211. The molecule has 0 spiro atoms. The molecule has 1 aromatic rings. The highest BCUT2D eigenvalue weighted by molar-refractivity contribution is 8.76. The molecule has 0 atom stereocenters. The van der Waals surface area contributed by atoms with E-state index in [1.165, 1.54) is 46.0 Å². The molecule has 22 heavy (non-hydrogen) atoms. The van der Waals surface area contributed by atoms with Crippen molar-refractivity contribution in [3.63, 3.8) is 0 Å². The molecule has 0 radical (unpaired) electrons. The Morgan fingerprint density at radius 1 is 1.36 bits per heavy atom. The molecule has 0 aliphatic rings. The smallest absolute Gasteiger partial charge is 0.258 e. The molecule has 0 amide bonds. The van der Waals surface area contributed by atoms with Crippen molar-refractivity contribution in [3.8, 4) is 12.8 Å². The number of pyridine rings is 1. The van der Waals surface area contributed by atoms with E-state index in [2.05, 4.69) is 17.8 Å². The first-order chi connectivity index (χ1) is 10.5. The van der Waals surface area contributed by atoms with Crippen LogP contribution in [0.15, 0.2) is 47.3 Å². The van der Waals surface area contributed by atoms with Gasteiger partial charge in [0.1, 0.15) is 11.2 Å². The van der Waals surface area contributed by atoms with E-state index in [9.17, 15) is 20.2 Å². The summed E-state index contributed by atoms with van der Waals surface area (Å²) in [5, 5.41) is 21.6. The van der Waals surface area contributed by atoms with Crippen LogP contribution in [0.4, 0.5) is 5.69 Å². The van der Waals surface area contributed by atoms with Crippen LogP contribution < -0.4 is 0 Å². The molecule has 0 unspecified atom stereocenters. The average Bonchev–Trinajstić information content (AvgIpc) is 2.53. The Kier molecular flexibility index (Phi) is 10.2. The van der Waals surface area contributed by atoms with Crippen molar-refractivity contribution < 1.29 is 9.85 Å². The minimum absolute atomic E-state index is 0.0454. The molecule has 0 aliphatic heterocycles. The van der Waals surface area contributed by atoms with Crippen molar-refractivity contribution in [2.75, 3.05) is 5.75 Å². The van der Waals surface area contributed by atoms with E-state index in [1.807, 2.05) is 0 Å². The van der Waals surface area contributed by atoms with Gasteiger partial charge in [0.15, 0.2) is 0 Å². The maximum atomic E-state index is 10.5. The highest BCUT2D eigenvalue weighted by Gasteiger charge is 2.05. The summed E-state index contributed by atoms with van der Waals surface area (Å²) in [6, 6.07) is 2.95. The van der Waals surface area contributed by atoms with Gasteiger partial charge in [-0.3, -0.25) is 20.2 Å². The van der Waals surface area contributed by atoms with E-state index < -0.39 is 9.85 Å². The molecule has 1 heterocycles. The molecule has 0 fully saturated rings. The standard InChI is InChI=1S/C11H11N3O4S2.C2H2/c1-2-9(13(15)16)4-3-7-19-20-11-6-5-10(8-12-11)14(17)18;1-2/h2-6,8H,7H2,1H3;1-2H/b4-3-,9-2+;. The Bertz CT molecular complexity index is 583. The molecular weight excluding hydrogens is 326 g/mol. The third-order valence-electron chi connectivity index (χ3n) is 2.04. The fourth-order valence-corrected chi connectivity index (χ4v) is 2.78. The number of hydrogen-bond acceptors (Lipinski definition) is 7. The Labute approximate surface area is 135 Å². The summed E-state index contributed by atoms with van der Waals surface area (Å²) < 4.78 is 0. The largest absolute Gasteiger partial charge is 0.287 e. The maximum Gasteiger partial charge on any atom is 0.287 e. The monoisotopic (exact) mass is 339 g/mol. The van der Waals surface area contributed by atoms with Gasteiger partial charge >= 0.3 is 0 Å². The van der Waals surface area contributed by atoms with Crippen LogP contribution >= 0.6 is 21.6 Å². The lowest BCUT2D eigenvalue weighted by Crippen LogP contribution is -1.94. The van der Waals surface area contributed by atoms with E-state index >= 15 is 0 Å². The second kappa shape index (κ2) is 11.4. The molecule has 1 aromatic heterocycles. The van der Waals surface area contributed by atoms with Gasteiger partial charge in [-0.25, -0.2) is 4.98 Å². The van der Waals surface area contributed by atoms with Gasteiger partial charge < -0.3 is 0 Å². The zero-order valence-corrected chi connectivity index (χ0v) is 13.3. The summed E-state index contributed by atoms with van der Waals surface area (Å²) >= 11 is 0. The maximum absolute atomic E-state index is 10.5. The van der Waals surface area contributed by atoms with Crippen LogP contribution in [0.3, 0.4) is 0 Å². The van der Waals surface area contributed by atoms with Crippen molar-refractivity contribution in [2.45, 2.75) is 11.9 Å². The Hall–Kier alpha value is -2.31. The van der Waals surface area contributed by atoms with Gasteiger partial charge in [0, 0.05) is 17.9 Å². The lowest BCUT2D eigenvalue weighted by atomic mass is 10.4. The van der Waals surface area contributed by atoms with E-state index in [1.54, 1.807) is 19.1 Å². The molecule has 0 saturated carbocycles. The second-order valence-corrected chi connectivity index (χ2v) is 5.71. The molecular formula is C13H13N3O4S2. The van der Waals surface area contributed by atoms with Crippen molar-refractivity contribution in [1.29, 1.82) is 0 Å². The van der Waals surface area contributed by atoms with Crippen LogP contribution in [0.25, 0.3) is 0 Å². The topological polar surface area (TPSA) is 99.2 Å². The summed E-state index contributed by atoms with van der Waals surface area (Å²) in [5.41, 5.74) is -0.00739. The third kappa shape index (κ3) is 7.47. The van der Waals surface area contributed by atoms with E-state index in [4.69, 9.17) is 0 Å². The van der Waals surface area contributed by atoms with Crippen molar-refractivity contribution >= 4 is 27.3 Å². The molecule has 9 heteroatoms. The number of hydrogen-bond donors (Lipinski definition) is 0. The first-order valence-corrected chi connectivity index (χ1v) is 8.07. The lowest BCUT2D eigenvalue weighted by molar-refractivity contribution is -0.419. The SMILES string of the molecule is C#C.C/C=C(\C=C/CSSc1ccc([N+](=O)[O-])cn1)[N+](=O)[O-]. The Morgan fingerprint density at radius 2 is 2.05 bits per heavy atom. The highest BCUT2D eigenvalue weighted by Crippen LogP contribution is 2.30. The molecule has 0 bridgehead atoms. The molecule has 116 valence electrons. The summed E-state index contributed by atoms with van der Waals surface area (Å²) in [6.07, 6.45) is 13.7. The van der Waals surface area contributed by atoms with Gasteiger partial charge in [-0.15, -0.1) is 12.8 Å². The van der Waals surface area contributed by atoms with E-state index in [-0.39, 0.29) is 11.4 Å². The second-order valence-electron chi connectivity index (χ2n) is 3.35. The first-order valence-electron chi connectivity index (χ1n) is 5.75. The third-order valence-corrected chi connectivity index (χ3v) is 4.17. The molecule has 0 aliphatic carbocycles. The number of rotatable bonds is 7. The molecule has 1 rings (SSSR count). The number of nitro groups is 2. The summed E-state index contributed by atoms with van der Waals surface area (Å²) in [4.78, 5) is 23.9. The highest BCUT2D eigenvalue weighted by atomic mass is 33.1. The number of aromatic nitrogens is 1. The van der Waals surface area contributed by atoms with Crippen molar-refractivity contribution in [1.82, 2.24) is 4.98 Å². The van der Waals surface area contributed by atoms with Crippen molar-refractivity contribution in [2.24, 2.45) is 0 Å². The van der Waals surface area contributed by atoms with Crippen LogP contribution in [0, 0.1) is 33.1 Å². The minimum atomic E-state index is -0.506. The van der Waals surface area contributed by atoms with Gasteiger partial charge in [-0.05, 0) is 29.9 Å². The van der Waals surface area contributed by atoms with Crippen LogP contribution in [0.5, 0.6) is 0 Å². The summed E-state index contributed by atoms with van der Waals surface area (Å²) in [7, 11) is 2.78. The van der Waals surface area contributed by atoms with Gasteiger partial charge in [0.05, 0.1) is 9.85 Å². The summed E-state index contributed by atoms with van der Waals surface area (Å²) in [6.45, 7) is 1.60. The molecule has 0 N–H and O–H groups in total. The van der Waals surface area contributed by atoms with Gasteiger partial charge in [-0.1, -0.05) is 16.9 Å². The predicted octanol–water partition coefficient (Wildman–Crippen LogP) is 3.72. The molecule has 0 saturated heterocycles. The summed E-state index contributed by atoms with van der Waals surface area (Å²) in [5.74, 6) is 0.564. The average molecular weight is 339 g/mol. The number of nitrogens with zero attached hydrogens (tertiary/aromatic N) is 3. The zero-order chi connectivity index (χ0) is 17.0. The first kappa shape index (κ1) is 19.7. The van der Waals surface area contributed by atoms with E-state index in [0.717, 1.165) is 0 Å². The van der Waals surface area contributed by atoms with Crippen molar-refractivity contribution in [3.05, 3.63) is 62.5 Å². The minimum Gasteiger partial charge on any atom is -0.258 e. The van der Waals surface area contributed by atoms with E-state index in [0.29, 0.717) is 10.8 Å². The Morgan fingerprint density at radius 3 is 2.50 bits per heavy atom. The fourth-order valence-electron chi connectivity index (χ4n) is 1.09. The van der Waals surface area contributed by atoms with Crippen LogP contribution in [-0.4, -0.2) is 20.6 Å². The molecule has 7 nitrogen and oxygen atoms in total. The van der Waals surface area contributed by atoms with Gasteiger partial charge in [0.2, 0.25) is 0 Å².